The van der Waals surface area contributed by atoms with Gasteiger partial charge in [0.1, 0.15) is 17.9 Å². The number of carbonyl (C=O) groups is 1. The molecule has 192 valence electrons. The van der Waals surface area contributed by atoms with Gasteiger partial charge in [-0.3, -0.25) is 0 Å². The lowest BCUT2D eigenvalue weighted by Gasteiger charge is -2.44. The molecule has 0 amide bonds. The van der Waals surface area contributed by atoms with Crippen molar-refractivity contribution in [3.8, 4) is 11.3 Å². The van der Waals surface area contributed by atoms with E-state index in [1.807, 2.05) is 6.07 Å². The number of aliphatic carboxylic acids is 1. The maximum Gasteiger partial charge on any atom is 0.335 e. The van der Waals surface area contributed by atoms with Gasteiger partial charge in [0, 0.05) is 11.5 Å². The van der Waals surface area contributed by atoms with Crippen LogP contribution in [0, 0.1) is 23.4 Å². The Balaban J connectivity index is 1.62. The zero-order valence-corrected chi connectivity index (χ0v) is 19.0. The number of carboxylic acid groups (broad SMARTS) is 1. The number of halogens is 3. The van der Waals surface area contributed by atoms with Crippen molar-refractivity contribution in [2.75, 3.05) is 6.61 Å². The third kappa shape index (κ3) is 5.12. The van der Waals surface area contributed by atoms with Gasteiger partial charge in [0.05, 0.1) is 31.6 Å². The van der Waals surface area contributed by atoms with Gasteiger partial charge in [-0.2, -0.15) is 0 Å². The summed E-state index contributed by atoms with van der Waals surface area (Å²) in [6.45, 7) is 0.977. The summed E-state index contributed by atoms with van der Waals surface area (Å²) in [5.74, 6) is -6.45. The second-order valence-corrected chi connectivity index (χ2v) is 8.56. The van der Waals surface area contributed by atoms with Crippen LogP contribution in [0.1, 0.15) is 18.5 Å². The van der Waals surface area contributed by atoms with Crippen LogP contribution in [-0.2, 0) is 20.9 Å². The summed E-state index contributed by atoms with van der Waals surface area (Å²) < 4.78 is 53.4. The van der Waals surface area contributed by atoms with Gasteiger partial charge in [-0.25, -0.2) is 22.6 Å². The normalized spacial score (nSPS) is 25.0. The van der Waals surface area contributed by atoms with Crippen LogP contribution in [0.25, 0.3) is 11.3 Å². The maximum atomic E-state index is 13.7. The van der Waals surface area contributed by atoms with Crippen LogP contribution in [0.5, 0.6) is 0 Å². The van der Waals surface area contributed by atoms with Crippen LogP contribution >= 0.6 is 0 Å². The first-order valence-electron chi connectivity index (χ1n) is 11.1. The Morgan fingerprint density at radius 2 is 1.86 bits per heavy atom. The van der Waals surface area contributed by atoms with E-state index in [1.54, 1.807) is 31.2 Å². The molecule has 4 rings (SSSR count). The number of hydrogen-bond acceptors (Lipinski definition) is 7. The summed E-state index contributed by atoms with van der Waals surface area (Å²) in [6, 6.07) is 9.48. The zero-order chi connectivity index (χ0) is 26.0. The third-order valence-corrected chi connectivity index (χ3v) is 6.21. The Morgan fingerprint density at radius 1 is 1.19 bits per heavy atom. The fourth-order valence-electron chi connectivity index (χ4n) is 4.35. The smallest absolute Gasteiger partial charge is 0.335 e. The van der Waals surface area contributed by atoms with Crippen molar-refractivity contribution in [2.45, 2.75) is 44.0 Å². The molecule has 3 N–H and O–H groups in total. The quantitative estimate of drug-likeness (QED) is 0.397. The predicted molar refractivity (Wildman–Crippen MR) is 118 cm³/mol. The maximum absolute atomic E-state index is 13.7. The van der Waals surface area contributed by atoms with Gasteiger partial charge in [-0.05, 0) is 17.7 Å². The zero-order valence-electron chi connectivity index (χ0n) is 19.0. The summed E-state index contributed by atoms with van der Waals surface area (Å²) in [5.41, 5.74) is 0.643. The van der Waals surface area contributed by atoms with Crippen LogP contribution in [0.2, 0.25) is 0 Å². The van der Waals surface area contributed by atoms with Crippen molar-refractivity contribution in [2.24, 2.45) is 5.92 Å². The number of aliphatic hydroxyl groups excluding tert-OH is 2. The van der Waals surface area contributed by atoms with Crippen LogP contribution in [0.3, 0.4) is 0 Å². The van der Waals surface area contributed by atoms with E-state index in [1.165, 1.54) is 10.9 Å². The predicted octanol–water partition coefficient (Wildman–Crippen LogP) is 2.33. The summed E-state index contributed by atoms with van der Waals surface area (Å²) >= 11 is 0. The average molecular weight is 507 g/mol. The Labute approximate surface area is 203 Å². The molecule has 9 nitrogen and oxygen atoms in total. The largest absolute Gasteiger partial charge is 0.479 e. The molecule has 1 aliphatic heterocycles. The fourth-order valence-corrected chi connectivity index (χ4v) is 4.35. The number of rotatable bonds is 8. The molecule has 3 aromatic rings. The van der Waals surface area contributed by atoms with E-state index in [0.717, 1.165) is 17.7 Å². The van der Waals surface area contributed by atoms with E-state index < -0.39 is 66.4 Å². The Bertz CT molecular complexity index is 1190. The first-order chi connectivity index (χ1) is 17.2. The average Bonchev–Trinajstić information content (AvgIpc) is 3.34. The van der Waals surface area contributed by atoms with E-state index in [0.29, 0.717) is 0 Å². The number of hydrogen-bond donors (Lipinski definition) is 3. The monoisotopic (exact) mass is 507 g/mol. The van der Waals surface area contributed by atoms with Gasteiger partial charge in [0.2, 0.25) is 0 Å². The molecule has 2 aromatic carbocycles. The van der Waals surface area contributed by atoms with E-state index in [-0.39, 0.29) is 17.9 Å². The minimum Gasteiger partial charge on any atom is -0.479 e. The third-order valence-electron chi connectivity index (χ3n) is 6.21. The van der Waals surface area contributed by atoms with Crippen LogP contribution < -0.4 is 0 Å². The highest BCUT2D eigenvalue weighted by atomic mass is 19.2. The first-order valence-corrected chi connectivity index (χ1v) is 11.1. The summed E-state index contributed by atoms with van der Waals surface area (Å²) in [5, 5.41) is 38.3. The van der Waals surface area contributed by atoms with Crippen LogP contribution in [-0.4, -0.2) is 67.3 Å². The number of aliphatic hydroxyl groups is 2. The second kappa shape index (κ2) is 10.7. The molecule has 36 heavy (non-hydrogen) atoms. The van der Waals surface area contributed by atoms with Crippen molar-refractivity contribution in [1.29, 1.82) is 0 Å². The fraction of sp³-hybridized carbons (Fsp3) is 0.375. The van der Waals surface area contributed by atoms with Crippen LogP contribution in [0.4, 0.5) is 13.2 Å². The summed E-state index contributed by atoms with van der Waals surface area (Å²) in [6.07, 6.45) is -3.78. The molecule has 2 heterocycles. The van der Waals surface area contributed by atoms with Gasteiger partial charge in [-0.15, -0.1) is 5.10 Å². The highest BCUT2D eigenvalue weighted by Crippen LogP contribution is 2.37. The van der Waals surface area contributed by atoms with Gasteiger partial charge < -0.3 is 24.8 Å². The van der Waals surface area contributed by atoms with Crippen molar-refractivity contribution in [3.05, 3.63) is 71.7 Å². The Morgan fingerprint density at radius 3 is 2.47 bits per heavy atom. The number of nitrogens with zero attached hydrogens (tertiary/aromatic N) is 3. The van der Waals surface area contributed by atoms with E-state index in [9.17, 15) is 33.3 Å². The molecule has 12 heteroatoms. The lowest BCUT2D eigenvalue weighted by Crippen LogP contribution is -2.57. The summed E-state index contributed by atoms with van der Waals surface area (Å²) in [7, 11) is 0. The van der Waals surface area contributed by atoms with Gasteiger partial charge in [0.25, 0.3) is 0 Å². The van der Waals surface area contributed by atoms with E-state index in [2.05, 4.69) is 10.3 Å². The topological polar surface area (TPSA) is 127 Å². The molecule has 1 aliphatic rings. The molecule has 0 saturated carbocycles. The standard InChI is InChI=1S/C24H24F3N3O6/c1-12-20(30-9-17(28-29-30)14-7-15(25)19(27)16(26)8-14)21(32)18(10-31)36-22(12)23(24(33)34)35-11-13-5-3-2-4-6-13/h2-9,12,18,20-23,31-32H,10-11H2,1H3,(H,33,34)/t12?,18?,20-,21+,22-,23+/m1/s1. The van der Waals surface area contributed by atoms with Crippen molar-refractivity contribution >= 4 is 5.97 Å². The lowest BCUT2D eigenvalue weighted by atomic mass is 9.83. The minimum absolute atomic E-state index is 0.00842. The van der Waals surface area contributed by atoms with Gasteiger partial charge in [0.15, 0.2) is 23.6 Å². The molecule has 2 unspecified atom stereocenters. The molecule has 0 bridgehead atoms. The molecule has 0 spiro atoms. The molecule has 0 radical (unpaired) electrons. The van der Waals surface area contributed by atoms with Crippen molar-refractivity contribution in [1.82, 2.24) is 15.0 Å². The van der Waals surface area contributed by atoms with Gasteiger partial charge >= 0.3 is 5.97 Å². The minimum atomic E-state index is -1.62. The van der Waals surface area contributed by atoms with Crippen LogP contribution in [0.15, 0.2) is 48.7 Å². The Hall–Kier alpha value is -3.32. The van der Waals surface area contributed by atoms with E-state index >= 15 is 0 Å². The molecule has 0 aliphatic carbocycles. The molecule has 1 saturated heterocycles. The SMILES string of the molecule is CC1[C@H]([C@H](OCc2ccccc2)C(=O)O)OC(CO)[C@H](O)[C@@H]1n1cc(-c2cc(F)c(F)c(F)c2)nn1. The number of aromatic nitrogens is 3. The number of benzene rings is 2. The highest BCUT2D eigenvalue weighted by molar-refractivity contribution is 5.73. The van der Waals surface area contributed by atoms with E-state index in [4.69, 9.17) is 9.47 Å². The van der Waals surface area contributed by atoms with Crippen molar-refractivity contribution in [3.63, 3.8) is 0 Å². The first kappa shape index (κ1) is 25.8. The highest BCUT2D eigenvalue weighted by Gasteiger charge is 2.49. The molecule has 1 fully saturated rings. The second-order valence-electron chi connectivity index (χ2n) is 8.56. The van der Waals surface area contributed by atoms with Gasteiger partial charge in [-0.1, -0.05) is 42.5 Å². The Kier molecular flexibility index (Phi) is 7.69. The molecular weight excluding hydrogens is 483 g/mol. The molecule has 1 aromatic heterocycles. The number of ether oxygens (including phenoxy) is 2. The summed E-state index contributed by atoms with van der Waals surface area (Å²) in [4.78, 5) is 12.1. The number of carboxylic acids is 1. The van der Waals surface area contributed by atoms with Crippen molar-refractivity contribution < 1.29 is 42.8 Å². The molecular formula is C24H24F3N3O6. The lowest BCUT2D eigenvalue weighted by molar-refractivity contribution is -0.220. The molecule has 6 atom stereocenters.